The lowest BCUT2D eigenvalue weighted by Crippen LogP contribution is -2.45. The average Bonchev–Trinajstić information content (AvgIpc) is 2.32. The summed E-state index contributed by atoms with van der Waals surface area (Å²) in [6.07, 6.45) is 5.85. The van der Waals surface area contributed by atoms with E-state index in [-0.39, 0.29) is 0 Å². The zero-order valence-corrected chi connectivity index (χ0v) is 10.1. The van der Waals surface area contributed by atoms with Crippen LogP contribution in [0.1, 0.15) is 25.5 Å². The van der Waals surface area contributed by atoms with Crippen LogP contribution in [0.4, 0.5) is 0 Å². The lowest BCUT2D eigenvalue weighted by atomic mass is 9.99. The summed E-state index contributed by atoms with van der Waals surface area (Å²) in [6, 6.07) is 3.27. The first-order valence-electron chi connectivity index (χ1n) is 5.94. The molecule has 1 aliphatic heterocycles. The normalized spacial score (nSPS) is 26.9. The van der Waals surface area contributed by atoms with Gasteiger partial charge in [-0.15, -0.1) is 0 Å². The van der Waals surface area contributed by atoms with Crippen molar-refractivity contribution in [2.24, 2.45) is 0 Å². The largest absolute Gasteiger partial charge is 0.308 e. The fraction of sp³-hybridized carbons (Fsp3) is 0.667. The van der Waals surface area contributed by atoms with Crippen molar-refractivity contribution in [2.45, 2.75) is 38.4 Å². The van der Waals surface area contributed by atoms with Crippen LogP contribution in [0.25, 0.3) is 0 Å². The third-order valence-corrected chi connectivity index (χ3v) is 3.42. The summed E-state index contributed by atoms with van der Waals surface area (Å²) in [4.78, 5) is 10.5. The molecule has 0 radical (unpaired) electrons. The van der Waals surface area contributed by atoms with E-state index in [1.54, 1.807) is 12.5 Å². The molecule has 4 heteroatoms. The van der Waals surface area contributed by atoms with Gasteiger partial charge in [-0.05, 0) is 39.4 Å². The van der Waals surface area contributed by atoms with Gasteiger partial charge in [0.25, 0.3) is 0 Å². The van der Waals surface area contributed by atoms with Crippen LogP contribution in [0.3, 0.4) is 0 Å². The average molecular weight is 220 g/mol. The summed E-state index contributed by atoms with van der Waals surface area (Å²) >= 11 is 0. The van der Waals surface area contributed by atoms with E-state index in [1.807, 2.05) is 6.07 Å². The van der Waals surface area contributed by atoms with Crippen LogP contribution in [-0.4, -0.2) is 40.5 Å². The van der Waals surface area contributed by atoms with Crippen LogP contribution >= 0.6 is 0 Å². The van der Waals surface area contributed by atoms with Gasteiger partial charge in [0.1, 0.15) is 6.33 Å². The summed E-state index contributed by atoms with van der Waals surface area (Å²) in [7, 11) is 2.20. The highest BCUT2D eigenvalue weighted by atomic mass is 15.1. The number of rotatable bonds is 3. The molecule has 1 aromatic heterocycles. The highest BCUT2D eigenvalue weighted by Crippen LogP contribution is 2.15. The number of nitrogens with zero attached hydrogens (tertiary/aromatic N) is 3. The first-order chi connectivity index (χ1) is 7.75. The topological polar surface area (TPSA) is 41.1 Å². The molecule has 1 aliphatic rings. The van der Waals surface area contributed by atoms with E-state index in [2.05, 4.69) is 34.2 Å². The van der Waals surface area contributed by atoms with E-state index >= 15 is 0 Å². The van der Waals surface area contributed by atoms with Crippen molar-refractivity contribution in [3.05, 3.63) is 24.3 Å². The molecule has 0 amide bonds. The first-order valence-corrected chi connectivity index (χ1v) is 5.94. The lowest BCUT2D eigenvalue weighted by molar-refractivity contribution is 0.168. The second-order valence-corrected chi connectivity index (χ2v) is 4.63. The lowest BCUT2D eigenvalue weighted by Gasteiger charge is -2.35. The minimum absolute atomic E-state index is 0.626. The molecule has 1 N–H and O–H groups in total. The zero-order chi connectivity index (χ0) is 11.4. The Morgan fingerprint density at radius 3 is 3.12 bits per heavy atom. The highest BCUT2D eigenvalue weighted by molar-refractivity contribution is 4.97. The highest BCUT2D eigenvalue weighted by Gasteiger charge is 2.21. The van der Waals surface area contributed by atoms with Gasteiger partial charge in [0.2, 0.25) is 0 Å². The van der Waals surface area contributed by atoms with Gasteiger partial charge in [0.05, 0.1) is 5.69 Å². The second kappa shape index (κ2) is 5.37. The second-order valence-electron chi connectivity index (χ2n) is 4.63. The Morgan fingerprint density at radius 2 is 2.44 bits per heavy atom. The molecule has 0 aromatic carbocycles. The Balaban J connectivity index is 1.79. The van der Waals surface area contributed by atoms with Crippen molar-refractivity contribution in [1.29, 1.82) is 0 Å². The van der Waals surface area contributed by atoms with Crippen LogP contribution in [0.2, 0.25) is 0 Å². The van der Waals surface area contributed by atoms with Gasteiger partial charge in [0.15, 0.2) is 0 Å². The van der Waals surface area contributed by atoms with E-state index in [9.17, 15) is 0 Å². The summed E-state index contributed by atoms with van der Waals surface area (Å²) < 4.78 is 0. The fourth-order valence-electron chi connectivity index (χ4n) is 2.15. The molecule has 2 unspecified atom stereocenters. The van der Waals surface area contributed by atoms with Crippen molar-refractivity contribution in [3.8, 4) is 0 Å². The molecule has 0 spiro atoms. The first kappa shape index (κ1) is 11.5. The van der Waals surface area contributed by atoms with E-state index in [0.717, 1.165) is 12.2 Å². The van der Waals surface area contributed by atoms with Crippen LogP contribution in [0.5, 0.6) is 0 Å². The summed E-state index contributed by atoms with van der Waals surface area (Å²) in [5.74, 6) is 0. The fourth-order valence-corrected chi connectivity index (χ4v) is 2.15. The number of hydrogen-bond acceptors (Lipinski definition) is 4. The SMILES string of the molecule is CC1CC(NCc2ccncn2)CCN1C. The molecule has 1 fully saturated rings. The van der Waals surface area contributed by atoms with Crippen molar-refractivity contribution in [3.63, 3.8) is 0 Å². The van der Waals surface area contributed by atoms with Crippen molar-refractivity contribution in [1.82, 2.24) is 20.2 Å². The van der Waals surface area contributed by atoms with E-state index in [4.69, 9.17) is 0 Å². The number of likely N-dealkylation sites (tertiary alicyclic amines) is 1. The Bertz CT molecular complexity index is 314. The maximum absolute atomic E-state index is 4.21. The monoisotopic (exact) mass is 220 g/mol. The van der Waals surface area contributed by atoms with Crippen molar-refractivity contribution in [2.75, 3.05) is 13.6 Å². The van der Waals surface area contributed by atoms with Gasteiger partial charge in [-0.2, -0.15) is 0 Å². The van der Waals surface area contributed by atoms with Gasteiger partial charge in [0, 0.05) is 24.8 Å². The van der Waals surface area contributed by atoms with Gasteiger partial charge in [-0.25, -0.2) is 9.97 Å². The molecule has 0 aliphatic carbocycles. The summed E-state index contributed by atoms with van der Waals surface area (Å²) in [5.41, 5.74) is 1.07. The molecule has 16 heavy (non-hydrogen) atoms. The van der Waals surface area contributed by atoms with Gasteiger partial charge < -0.3 is 10.2 Å². The molecule has 2 rings (SSSR count). The number of piperidine rings is 1. The standard InChI is InChI=1S/C12H20N4/c1-10-7-11(4-6-16(10)2)14-8-12-3-5-13-9-15-12/h3,5,9-11,14H,4,6-8H2,1-2H3. The zero-order valence-electron chi connectivity index (χ0n) is 10.1. The number of hydrogen-bond donors (Lipinski definition) is 1. The summed E-state index contributed by atoms with van der Waals surface area (Å²) in [6.45, 7) is 4.32. The molecule has 4 nitrogen and oxygen atoms in total. The van der Waals surface area contributed by atoms with Crippen molar-refractivity contribution < 1.29 is 0 Å². The van der Waals surface area contributed by atoms with E-state index in [1.165, 1.54) is 19.4 Å². The maximum atomic E-state index is 4.21. The van der Waals surface area contributed by atoms with E-state index in [0.29, 0.717) is 12.1 Å². The molecule has 1 aromatic rings. The third kappa shape index (κ3) is 3.00. The Hall–Kier alpha value is -1.00. The minimum Gasteiger partial charge on any atom is -0.308 e. The Labute approximate surface area is 97.1 Å². The molecule has 1 saturated heterocycles. The summed E-state index contributed by atoms with van der Waals surface area (Å²) in [5, 5.41) is 3.57. The van der Waals surface area contributed by atoms with Crippen LogP contribution in [-0.2, 0) is 6.54 Å². The molecule has 0 bridgehead atoms. The molecule has 2 atom stereocenters. The smallest absolute Gasteiger partial charge is 0.115 e. The van der Waals surface area contributed by atoms with Gasteiger partial charge in [-0.1, -0.05) is 0 Å². The van der Waals surface area contributed by atoms with Crippen LogP contribution in [0.15, 0.2) is 18.6 Å². The van der Waals surface area contributed by atoms with E-state index < -0.39 is 0 Å². The Kier molecular flexibility index (Phi) is 3.85. The van der Waals surface area contributed by atoms with Crippen LogP contribution < -0.4 is 5.32 Å². The molecular weight excluding hydrogens is 200 g/mol. The molecule has 0 saturated carbocycles. The predicted molar refractivity (Wildman–Crippen MR) is 64.0 cm³/mol. The Morgan fingerprint density at radius 1 is 1.56 bits per heavy atom. The van der Waals surface area contributed by atoms with Crippen molar-refractivity contribution >= 4 is 0 Å². The number of aromatic nitrogens is 2. The maximum Gasteiger partial charge on any atom is 0.115 e. The minimum atomic E-state index is 0.626. The quantitative estimate of drug-likeness (QED) is 0.826. The van der Waals surface area contributed by atoms with Crippen LogP contribution in [0, 0.1) is 0 Å². The predicted octanol–water partition coefficient (Wildman–Crippen LogP) is 1.05. The molecule has 88 valence electrons. The third-order valence-electron chi connectivity index (χ3n) is 3.42. The molecule has 2 heterocycles. The number of nitrogens with one attached hydrogen (secondary N) is 1. The van der Waals surface area contributed by atoms with Gasteiger partial charge in [-0.3, -0.25) is 0 Å². The van der Waals surface area contributed by atoms with Gasteiger partial charge >= 0.3 is 0 Å². The molecular formula is C12H20N4.